The van der Waals surface area contributed by atoms with Crippen LogP contribution in [0.4, 0.5) is 0 Å². The van der Waals surface area contributed by atoms with Gasteiger partial charge >= 0.3 is 0 Å². The number of hydrogen-bond acceptors (Lipinski definition) is 0. The van der Waals surface area contributed by atoms with Gasteiger partial charge < -0.3 is 0 Å². The van der Waals surface area contributed by atoms with Crippen LogP contribution in [0.2, 0.25) is 0 Å². The van der Waals surface area contributed by atoms with Crippen molar-refractivity contribution in [1.29, 1.82) is 0 Å². The quantitative estimate of drug-likeness (QED) is 0.485. The topological polar surface area (TPSA) is 0 Å². The molecule has 0 fully saturated rings. The second-order valence-corrected chi connectivity index (χ2v) is 0. The Balaban J connectivity index is 0. The van der Waals surface area contributed by atoms with Gasteiger partial charge in [0.2, 0.25) is 0 Å². The molecule has 0 saturated carbocycles. The zero-order chi connectivity index (χ0) is 0. The SMILES string of the molecule is B.[Co].[Ta].[Zr]. The average molecular weight is 345 g/mol. The number of rotatable bonds is 0. The van der Waals surface area contributed by atoms with Crippen molar-refractivity contribution in [2.75, 3.05) is 0 Å². The van der Waals surface area contributed by atoms with Crippen molar-refractivity contribution in [2.24, 2.45) is 0 Å². The summed E-state index contributed by atoms with van der Waals surface area (Å²) in [5.41, 5.74) is 0. The maximum absolute atomic E-state index is 0. The van der Waals surface area contributed by atoms with Gasteiger partial charge in [-0.2, -0.15) is 0 Å². The minimum absolute atomic E-state index is 0. The Morgan fingerprint density at radius 2 is 1.00 bits per heavy atom. The molecule has 0 unspecified atom stereocenters. The van der Waals surface area contributed by atoms with Crippen LogP contribution in [0, 0.1) is 0 Å². The van der Waals surface area contributed by atoms with Gasteiger partial charge in [0.1, 0.15) is 0 Å². The normalized spacial score (nSPS) is 0. The molecule has 2 radical (unpaired) electrons. The minimum atomic E-state index is 0. The third kappa shape index (κ3) is 8.89. The third-order valence-electron chi connectivity index (χ3n) is 0. The smallest absolute Gasteiger partial charge is 0 e. The molecular formula is H3BCoTaZr. The van der Waals surface area contributed by atoms with Crippen LogP contribution in [0.1, 0.15) is 0 Å². The molecule has 0 aliphatic rings. The third-order valence-corrected chi connectivity index (χ3v) is 0. The fourth-order valence-electron chi connectivity index (χ4n) is 0. The Hall–Kier alpha value is 2.19. The van der Waals surface area contributed by atoms with Crippen LogP contribution in [-0.4, -0.2) is 8.41 Å². The molecule has 0 aliphatic heterocycles. The predicted molar refractivity (Wildman–Crippen MR) is 9.94 cm³/mol. The van der Waals surface area contributed by atoms with E-state index in [-0.39, 0.29) is 73.8 Å². The molecule has 4 heteroatoms. The van der Waals surface area contributed by atoms with E-state index < -0.39 is 0 Å². The van der Waals surface area contributed by atoms with Crippen molar-refractivity contribution in [1.82, 2.24) is 0 Å². The summed E-state index contributed by atoms with van der Waals surface area (Å²) in [7, 11) is 0. The molecule has 0 aromatic carbocycles. The molecular weight excluding hydrogens is 342 g/mol. The van der Waals surface area contributed by atoms with Crippen molar-refractivity contribution in [3.63, 3.8) is 0 Å². The molecule has 24 valence electrons. The standard InChI is InChI=1S/BH3.Co.Ta.Zr/h1H3;;;. The molecule has 0 heterocycles. The summed E-state index contributed by atoms with van der Waals surface area (Å²) >= 11 is 0. The molecule has 0 aromatic rings. The van der Waals surface area contributed by atoms with Crippen LogP contribution in [-0.2, 0) is 65.4 Å². The predicted octanol–water partition coefficient (Wildman–Crippen LogP) is -1.19. The van der Waals surface area contributed by atoms with Gasteiger partial charge in [-0.3, -0.25) is 0 Å². The first-order valence-corrected chi connectivity index (χ1v) is 0. The van der Waals surface area contributed by atoms with Crippen molar-refractivity contribution >= 4 is 8.41 Å². The molecule has 0 aliphatic carbocycles. The summed E-state index contributed by atoms with van der Waals surface area (Å²) in [4.78, 5) is 0. The second kappa shape index (κ2) is 19.0. The van der Waals surface area contributed by atoms with Crippen LogP contribution >= 0.6 is 0 Å². The molecule has 0 nitrogen and oxygen atoms in total. The molecule has 0 spiro atoms. The largest absolute Gasteiger partial charge is 0.0814 e. The maximum Gasteiger partial charge on any atom is 0.0814 e. The van der Waals surface area contributed by atoms with Crippen molar-refractivity contribution < 1.29 is 65.4 Å². The van der Waals surface area contributed by atoms with Gasteiger partial charge in [-0.25, -0.2) is 0 Å². The Morgan fingerprint density at radius 1 is 1.00 bits per heavy atom. The van der Waals surface area contributed by atoms with E-state index in [1.165, 1.54) is 0 Å². The Bertz CT molecular complexity index is 8.00. The molecule has 0 bridgehead atoms. The molecule has 0 saturated heterocycles. The van der Waals surface area contributed by atoms with Gasteiger partial charge in [0, 0.05) is 65.4 Å². The van der Waals surface area contributed by atoms with E-state index in [1.54, 1.807) is 0 Å². The Morgan fingerprint density at radius 3 is 1.00 bits per heavy atom. The van der Waals surface area contributed by atoms with Crippen LogP contribution in [0.25, 0.3) is 0 Å². The minimum Gasteiger partial charge on any atom is 0 e. The van der Waals surface area contributed by atoms with E-state index >= 15 is 0 Å². The van der Waals surface area contributed by atoms with E-state index in [1.807, 2.05) is 0 Å². The summed E-state index contributed by atoms with van der Waals surface area (Å²) in [5, 5.41) is 0. The average Bonchev–Trinajstić information content (AvgIpc) is 0. The Kier molecular flexibility index (Phi) is 165. The van der Waals surface area contributed by atoms with Gasteiger partial charge in [0.25, 0.3) is 0 Å². The summed E-state index contributed by atoms with van der Waals surface area (Å²) in [6, 6.07) is 0. The van der Waals surface area contributed by atoms with Gasteiger partial charge in [-0.1, -0.05) is 0 Å². The molecule has 4 heavy (non-hydrogen) atoms. The summed E-state index contributed by atoms with van der Waals surface area (Å²) in [6.07, 6.45) is 0. The molecule has 0 N–H and O–H groups in total. The van der Waals surface area contributed by atoms with E-state index in [9.17, 15) is 0 Å². The first-order valence-electron chi connectivity index (χ1n) is 0. The number of hydrogen-bond donors (Lipinski definition) is 0. The van der Waals surface area contributed by atoms with E-state index in [0.29, 0.717) is 0 Å². The first kappa shape index (κ1) is 34.7. The Labute approximate surface area is 72.9 Å². The molecule has 0 aromatic heterocycles. The fourth-order valence-corrected chi connectivity index (χ4v) is 0. The van der Waals surface area contributed by atoms with Crippen molar-refractivity contribution in [2.45, 2.75) is 0 Å². The fraction of sp³-hybridized carbons (Fsp3) is 0. The van der Waals surface area contributed by atoms with Gasteiger partial charge in [-0.05, 0) is 0 Å². The van der Waals surface area contributed by atoms with E-state index in [2.05, 4.69) is 0 Å². The maximum atomic E-state index is 0. The van der Waals surface area contributed by atoms with Crippen molar-refractivity contribution in [3.8, 4) is 0 Å². The molecule has 0 rings (SSSR count). The van der Waals surface area contributed by atoms with E-state index in [0.717, 1.165) is 0 Å². The zero-order valence-corrected chi connectivity index (χ0v) is 7.99. The van der Waals surface area contributed by atoms with Crippen molar-refractivity contribution in [3.05, 3.63) is 0 Å². The van der Waals surface area contributed by atoms with Gasteiger partial charge in [0.05, 0.1) is 8.41 Å². The monoisotopic (exact) mass is 344 g/mol. The molecule has 0 amide bonds. The van der Waals surface area contributed by atoms with Crippen LogP contribution in [0.15, 0.2) is 0 Å². The van der Waals surface area contributed by atoms with Gasteiger partial charge in [0.15, 0.2) is 0 Å². The first-order chi connectivity index (χ1) is 0. The van der Waals surface area contributed by atoms with E-state index in [4.69, 9.17) is 0 Å². The van der Waals surface area contributed by atoms with Crippen LogP contribution in [0.3, 0.4) is 0 Å². The summed E-state index contributed by atoms with van der Waals surface area (Å²) in [5.74, 6) is 0. The summed E-state index contributed by atoms with van der Waals surface area (Å²) in [6.45, 7) is 0. The second-order valence-electron chi connectivity index (χ2n) is 0. The zero-order valence-electron chi connectivity index (χ0n) is 1.28. The van der Waals surface area contributed by atoms with Crippen LogP contribution in [0.5, 0.6) is 0 Å². The van der Waals surface area contributed by atoms with Gasteiger partial charge in [-0.15, -0.1) is 0 Å². The molecule has 0 atom stereocenters. The van der Waals surface area contributed by atoms with Crippen LogP contribution < -0.4 is 0 Å². The summed E-state index contributed by atoms with van der Waals surface area (Å²) < 4.78 is 0.